The fourth-order valence-corrected chi connectivity index (χ4v) is 3.14. The van der Waals surface area contributed by atoms with Crippen molar-refractivity contribution in [1.29, 1.82) is 0 Å². The van der Waals surface area contributed by atoms with Crippen molar-refractivity contribution >= 4 is 27.6 Å². The average molecular weight is 278 g/mol. The second kappa shape index (κ2) is 4.52. The Morgan fingerprint density at radius 1 is 1.24 bits per heavy atom. The predicted octanol–water partition coefficient (Wildman–Crippen LogP) is 3.33. The van der Waals surface area contributed by atoms with E-state index in [0.29, 0.717) is 0 Å². The monoisotopic (exact) mass is 278 g/mol. The number of esters is 1. The number of hydrogen-bond acceptors (Lipinski definition) is 4. The lowest BCUT2D eigenvalue weighted by atomic mass is 9.92. The second-order valence-electron chi connectivity index (χ2n) is 5.33. The summed E-state index contributed by atoms with van der Waals surface area (Å²) in [5, 5.41) is 3.30. The Morgan fingerprint density at radius 2 is 2.10 bits per heavy atom. The van der Waals surface area contributed by atoms with E-state index in [1.165, 1.54) is 6.92 Å². The first-order chi connectivity index (χ1) is 10.2. The zero-order valence-electron chi connectivity index (χ0n) is 11.7. The average Bonchev–Trinajstić information content (AvgIpc) is 2.50. The van der Waals surface area contributed by atoms with Crippen LogP contribution >= 0.6 is 0 Å². The number of pyridine rings is 2. The van der Waals surface area contributed by atoms with Crippen LogP contribution in [0.4, 0.5) is 0 Å². The van der Waals surface area contributed by atoms with Gasteiger partial charge in [-0.2, -0.15) is 0 Å². The number of ether oxygens (including phenoxy) is 1. The molecule has 0 bridgehead atoms. The first-order valence-electron chi connectivity index (χ1n) is 7.07. The van der Waals surface area contributed by atoms with Gasteiger partial charge in [-0.05, 0) is 30.4 Å². The van der Waals surface area contributed by atoms with Gasteiger partial charge in [0.25, 0.3) is 0 Å². The smallest absolute Gasteiger partial charge is 0.303 e. The van der Waals surface area contributed by atoms with Crippen molar-refractivity contribution in [2.24, 2.45) is 0 Å². The molecule has 0 radical (unpaired) electrons. The van der Waals surface area contributed by atoms with Crippen molar-refractivity contribution in [2.45, 2.75) is 25.9 Å². The standard InChI is InChI=1S/C17H14N2O2/c1-10(20)21-15-7-6-14-16-12(8-9-18-14)11-4-2-3-5-13(11)19-17(15)16/h2-5,8-9,15H,6-7H2,1H3. The van der Waals surface area contributed by atoms with Crippen molar-refractivity contribution in [1.82, 2.24) is 9.97 Å². The number of rotatable bonds is 1. The van der Waals surface area contributed by atoms with E-state index in [2.05, 4.69) is 11.1 Å². The van der Waals surface area contributed by atoms with Gasteiger partial charge in [-0.1, -0.05) is 18.2 Å². The first-order valence-corrected chi connectivity index (χ1v) is 7.07. The molecule has 4 heteroatoms. The Hall–Kier alpha value is -2.49. The fraction of sp³-hybridized carbons (Fsp3) is 0.235. The molecule has 1 aliphatic rings. The van der Waals surface area contributed by atoms with E-state index in [4.69, 9.17) is 9.72 Å². The third kappa shape index (κ3) is 1.87. The van der Waals surface area contributed by atoms with E-state index in [0.717, 1.165) is 45.9 Å². The molecule has 3 aromatic rings. The maximum atomic E-state index is 11.3. The Bertz CT molecular complexity index is 873. The summed E-state index contributed by atoms with van der Waals surface area (Å²) in [5.74, 6) is -0.268. The zero-order valence-corrected chi connectivity index (χ0v) is 11.7. The number of fused-ring (bicyclic) bond motifs is 2. The largest absolute Gasteiger partial charge is 0.456 e. The summed E-state index contributed by atoms with van der Waals surface area (Å²) in [6.45, 7) is 1.44. The molecule has 1 unspecified atom stereocenters. The maximum Gasteiger partial charge on any atom is 0.303 e. The number of benzene rings is 1. The van der Waals surface area contributed by atoms with Crippen molar-refractivity contribution in [2.75, 3.05) is 0 Å². The summed E-state index contributed by atoms with van der Waals surface area (Å²) < 4.78 is 5.46. The fourth-order valence-electron chi connectivity index (χ4n) is 3.14. The third-order valence-electron chi connectivity index (χ3n) is 3.98. The summed E-state index contributed by atoms with van der Waals surface area (Å²) in [6, 6.07) is 10.1. The van der Waals surface area contributed by atoms with E-state index in [9.17, 15) is 4.79 Å². The Balaban J connectivity index is 2.09. The minimum atomic E-state index is -0.272. The summed E-state index contributed by atoms with van der Waals surface area (Å²) in [7, 11) is 0. The second-order valence-corrected chi connectivity index (χ2v) is 5.33. The van der Waals surface area contributed by atoms with Crippen LogP contribution in [0.2, 0.25) is 0 Å². The summed E-state index contributed by atoms with van der Waals surface area (Å²) >= 11 is 0. The molecule has 1 atom stereocenters. The highest BCUT2D eigenvalue weighted by Gasteiger charge is 2.27. The van der Waals surface area contributed by atoms with Crippen LogP contribution in [0.25, 0.3) is 21.7 Å². The number of carbonyl (C=O) groups is 1. The molecule has 0 spiro atoms. The SMILES string of the molecule is CC(=O)OC1CCc2nccc3c2c1nc1ccccc13. The molecule has 4 rings (SSSR count). The molecule has 0 amide bonds. The molecule has 4 nitrogen and oxygen atoms in total. The van der Waals surface area contributed by atoms with Crippen LogP contribution in [-0.4, -0.2) is 15.9 Å². The van der Waals surface area contributed by atoms with E-state index in [1.807, 2.05) is 30.5 Å². The van der Waals surface area contributed by atoms with Crippen LogP contribution in [0.3, 0.4) is 0 Å². The number of carbonyl (C=O) groups excluding carboxylic acids is 1. The van der Waals surface area contributed by atoms with Gasteiger partial charge in [0.2, 0.25) is 0 Å². The normalized spacial score (nSPS) is 17.1. The molecule has 2 aromatic heterocycles. The lowest BCUT2D eigenvalue weighted by Crippen LogP contribution is -2.17. The summed E-state index contributed by atoms with van der Waals surface area (Å²) in [6.07, 6.45) is 3.12. The van der Waals surface area contributed by atoms with Gasteiger partial charge < -0.3 is 4.74 Å². The van der Waals surface area contributed by atoms with Gasteiger partial charge in [-0.25, -0.2) is 4.98 Å². The molecule has 0 aliphatic heterocycles. The molecule has 0 N–H and O–H groups in total. The lowest BCUT2D eigenvalue weighted by molar-refractivity contribution is -0.147. The molecule has 2 heterocycles. The number of aryl methyl sites for hydroxylation is 1. The van der Waals surface area contributed by atoms with E-state index >= 15 is 0 Å². The van der Waals surface area contributed by atoms with Gasteiger partial charge >= 0.3 is 5.97 Å². The highest BCUT2D eigenvalue weighted by Crippen LogP contribution is 2.38. The van der Waals surface area contributed by atoms with Crippen LogP contribution in [0.1, 0.15) is 30.8 Å². The molecule has 21 heavy (non-hydrogen) atoms. The molecule has 0 fully saturated rings. The lowest BCUT2D eigenvalue weighted by Gasteiger charge is -2.24. The molecule has 1 aromatic carbocycles. The van der Waals surface area contributed by atoms with Gasteiger partial charge in [0.1, 0.15) is 6.10 Å². The van der Waals surface area contributed by atoms with Crippen LogP contribution in [0.5, 0.6) is 0 Å². The van der Waals surface area contributed by atoms with E-state index in [-0.39, 0.29) is 12.1 Å². The van der Waals surface area contributed by atoms with Crippen LogP contribution in [0, 0.1) is 0 Å². The van der Waals surface area contributed by atoms with Crippen LogP contribution in [-0.2, 0) is 16.0 Å². The van der Waals surface area contributed by atoms with Gasteiger partial charge in [0.05, 0.1) is 16.9 Å². The Labute approximate surface area is 121 Å². The minimum Gasteiger partial charge on any atom is -0.456 e. The van der Waals surface area contributed by atoms with Gasteiger partial charge in [-0.3, -0.25) is 9.78 Å². The third-order valence-corrected chi connectivity index (χ3v) is 3.98. The van der Waals surface area contributed by atoms with Gasteiger partial charge in [0.15, 0.2) is 0 Å². The van der Waals surface area contributed by atoms with Gasteiger partial charge in [-0.15, -0.1) is 0 Å². The first kappa shape index (κ1) is 12.3. The van der Waals surface area contributed by atoms with Crippen molar-refractivity contribution in [3.63, 3.8) is 0 Å². The number of para-hydroxylation sites is 1. The van der Waals surface area contributed by atoms with Crippen molar-refractivity contribution in [3.05, 3.63) is 47.9 Å². The predicted molar refractivity (Wildman–Crippen MR) is 79.9 cm³/mol. The zero-order chi connectivity index (χ0) is 14.4. The van der Waals surface area contributed by atoms with Crippen LogP contribution < -0.4 is 0 Å². The number of hydrogen-bond donors (Lipinski definition) is 0. The molecule has 0 saturated heterocycles. The molecule has 1 aliphatic carbocycles. The molecular formula is C17H14N2O2. The van der Waals surface area contributed by atoms with Crippen molar-refractivity contribution < 1.29 is 9.53 Å². The van der Waals surface area contributed by atoms with Crippen molar-refractivity contribution in [3.8, 4) is 0 Å². The summed E-state index contributed by atoms with van der Waals surface area (Å²) in [4.78, 5) is 20.6. The van der Waals surface area contributed by atoms with E-state index < -0.39 is 0 Å². The quantitative estimate of drug-likeness (QED) is 0.506. The molecule has 104 valence electrons. The highest BCUT2D eigenvalue weighted by molar-refractivity contribution is 6.07. The van der Waals surface area contributed by atoms with E-state index in [1.54, 1.807) is 0 Å². The Kier molecular flexibility index (Phi) is 2.64. The maximum absolute atomic E-state index is 11.3. The molecular weight excluding hydrogens is 264 g/mol. The van der Waals surface area contributed by atoms with Crippen LogP contribution in [0.15, 0.2) is 36.5 Å². The minimum absolute atomic E-state index is 0.268. The topological polar surface area (TPSA) is 52.1 Å². The number of aromatic nitrogens is 2. The number of nitrogens with zero attached hydrogens (tertiary/aromatic N) is 2. The van der Waals surface area contributed by atoms with Gasteiger partial charge in [0, 0.05) is 23.9 Å². The molecule has 0 saturated carbocycles. The summed E-state index contributed by atoms with van der Waals surface area (Å²) in [5.41, 5.74) is 2.81. The Morgan fingerprint density at radius 3 is 2.95 bits per heavy atom. The highest BCUT2D eigenvalue weighted by atomic mass is 16.5.